The van der Waals surface area contributed by atoms with Gasteiger partial charge in [0.1, 0.15) is 0 Å². The molecule has 0 unspecified atom stereocenters. The molecule has 0 atom stereocenters. The number of ether oxygens (including phenoxy) is 1. The van der Waals surface area contributed by atoms with Crippen molar-refractivity contribution in [1.82, 2.24) is 9.78 Å². The lowest BCUT2D eigenvalue weighted by atomic mass is 10.1. The molecule has 0 aliphatic rings. The first-order valence-electron chi connectivity index (χ1n) is 8.14. The third-order valence-corrected chi connectivity index (χ3v) is 3.93. The van der Waals surface area contributed by atoms with E-state index < -0.39 is 0 Å². The molecule has 1 amide bonds. The third-order valence-electron chi connectivity index (χ3n) is 3.93. The van der Waals surface area contributed by atoms with Crippen LogP contribution in [0, 0.1) is 11.3 Å². The minimum absolute atomic E-state index is 0.138. The monoisotopic (exact) mass is 346 g/mol. The van der Waals surface area contributed by atoms with Crippen LogP contribution in [0.4, 0.5) is 5.69 Å². The Balaban J connectivity index is 1.92. The van der Waals surface area contributed by atoms with E-state index in [2.05, 4.69) is 11.2 Å². The van der Waals surface area contributed by atoms with E-state index in [0.717, 1.165) is 11.4 Å². The van der Waals surface area contributed by atoms with Crippen molar-refractivity contribution in [3.63, 3.8) is 0 Å². The molecule has 0 saturated heterocycles. The molecule has 0 fully saturated rings. The lowest BCUT2D eigenvalue weighted by molar-refractivity contribution is 0.0976. The molecular formula is C20H18N4O2. The summed E-state index contributed by atoms with van der Waals surface area (Å²) in [6.45, 7) is 0.817. The van der Waals surface area contributed by atoms with Crippen LogP contribution < -0.4 is 4.90 Å². The maximum atomic E-state index is 13.1. The molecule has 0 radical (unpaired) electrons. The number of methoxy groups -OCH3 is 1. The van der Waals surface area contributed by atoms with E-state index in [4.69, 9.17) is 10.00 Å². The maximum absolute atomic E-state index is 13.1. The second-order valence-electron chi connectivity index (χ2n) is 5.61. The molecular weight excluding hydrogens is 328 g/mol. The Bertz CT molecular complexity index is 912. The van der Waals surface area contributed by atoms with Crippen LogP contribution >= 0.6 is 0 Å². The molecule has 0 saturated carbocycles. The second kappa shape index (κ2) is 8.10. The molecule has 1 heterocycles. The Labute approximate surface area is 151 Å². The SMILES string of the molecule is COCCN(C(=O)c1cccc(-n2cccn2)c1)c1ccc(C#N)cc1. The fourth-order valence-electron chi connectivity index (χ4n) is 2.61. The van der Waals surface area contributed by atoms with Crippen molar-refractivity contribution < 1.29 is 9.53 Å². The zero-order chi connectivity index (χ0) is 18.4. The number of benzene rings is 2. The molecule has 0 spiro atoms. The van der Waals surface area contributed by atoms with Gasteiger partial charge in [0.25, 0.3) is 5.91 Å². The Morgan fingerprint density at radius 3 is 2.69 bits per heavy atom. The average molecular weight is 346 g/mol. The lowest BCUT2D eigenvalue weighted by Crippen LogP contribution is -2.34. The van der Waals surface area contributed by atoms with Gasteiger partial charge in [0.2, 0.25) is 0 Å². The van der Waals surface area contributed by atoms with Crippen LogP contribution in [0.15, 0.2) is 67.0 Å². The predicted molar refractivity (Wildman–Crippen MR) is 98.3 cm³/mol. The van der Waals surface area contributed by atoms with E-state index in [1.165, 1.54) is 0 Å². The van der Waals surface area contributed by atoms with Crippen molar-refractivity contribution >= 4 is 11.6 Å². The molecule has 0 aliphatic heterocycles. The molecule has 0 aliphatic carbocycles. The second-order valence-corrected chi connectivity index (χ2v) is 5.61. The summed E-state index contributed by atoms with van der Waals surface area (Å²) in [5.41, 5.74) is 2.63. The van der Waals surface area contributed by atoms with Crippen molar-refractivity contribution in [2.45, 2.75) is 0 Å². The number of carbonyl (C=O) groups excluding carboxylic acids is 1. The van der Waals surface area contributed by atoms with Crippen LogP contribution in [-0.4, -0.2) is 35.9 Å². The highest BCUT2D eigenvalue weighted by atomic mass is 16.5. The number of hydrogen-bond donors (Lipinski definition) is 0. The van der Waals surface area contributed by atoms with Crippen molar-refractivity contribution in [2.75, 3.05) is 25.2 Å². The van der Waals surface area contributed by atoms with Crippen LogP contribution in [0.3, 0.4) is 0 Å². The zero-order valence-electron chi connectivity index (χ0n) is 14.4. The maximum Gasteiger partial charge on any atom is 0.258 e. The Morgan fingerprint density at radius 2 is 2.04 bits per heavy atom. The molecule has 0 bridgehead atoms. The predicted octanol–water partition coefficient (Wildman–Crippen LogP) is 3.04. The number of nitriles is 1. The summed E-state index contributed by atoms with van der Waals surface area (Å²) in [5, 5.41) is 13.2. The highest BCUT2D eigenvalue weighted by molar-refractivity contribution is 6.06. The number of nitrogens with zero attached hydrogens (tertiary/aromatic N) is 4. The van der Waals surface area contributed by atoms with Gasteiger partial charge in [0.05, 0.1) is 23.9 Å². The van der Waals surface area contributed by atoms with E-state index in [1.807, 2.05) is 24.4 Å². The van der Waals surface area contributed by atoms with Crippen LogP contribution in [0.1, 0.15) is 15.9 Å². The van der Waals surface area contributed by atoms with E-state index in [0.29, 0.717) is 24.3 Å². The Hall–Kier alpha value is -3.43. The normalized spacial score (nSPS) is 10.3. The van der Waals surface area contributed by atoms with E-state index >= 15 is 0 Å². The summed E-state index contributed by atoms with van der Waals surface area (Å²) in [7, 11) is 1.60. The number of amides is 1. The van der Waals surface area contributed by atoms with E-state index in [-0.39, 0.29) is 5.91 Å². The summed E-state index contributed by atoms with van der Waals surface area (Å²) in [6.07, 6.45) is 3.52. The van der Waals surface area contributed by atoms with Gasteiger partial charge < -0.3 is 9.64 Å². The van der Waals surface area contributed by atoms with Gasteiger partial charge in [-0.25, -0.2) is 4.68 Å². The first-order chi connectivity index (χ1) is 12.7. The van der Waals surface area contributed by atoms with Crippen molar-refractivity contribution in [3.8, 4) is 11.8 Å². The molecule has 0 N–H and O–H groups in total. The fraction of sp³-hybridized carbons (Fsp3) is 0.150. The molecule has 3 aromatic rings. The van der Waals surface area contributed by atoms with Crippen molar-refractivity contribution in [2.24, 2.45) is 0 Å². The van der Waals surface area contributed by atoms with Gasteiger partial charge in [-0.2, -0.15) is 10.4 Å². The third kappa shape index (κ3) is 3.79. The summed E-state index contributed by atoms with van der Waals surface area (Å²) in [5.74, 6) is -0.138. The van der Waals surface area contributed by atoms with Gasteiger partial charge in [0.15, 0.2) is 0 Å². The highest BCUT2D eigenvalue weighted by Gasteiger charge is 2.18. The number of anilines is 1. The average Bonchev–Trinajstić information content (AvgIpc) is 3.23. The van der Waals surface area contributed by atoms with Crippen LogP contribution in [0.25, 0.3) is 5.69 Å². The molecule has 2 aromatic carbocycles. The number of rotatable bonds is 6. The van der Waals surface area contributed by atoms with Gasteiger partial charge in [-0.05, 0) is 48.5 Å². The van der Waals surface area contributed by atoms with Crippen LogP contribution in [0.2, 0.25) is 0 Å². The summed E-state index contributed by atoms with van der Waals surface area (Å²) in [6, 6.07) is 18.1. The van der Waals surface area contributed by atoms with Gasteiger partial charge in [-0.3, -0.25) is 4.79 Å². The fourth-order valence-corrected chi connectivity index (χ4v) is 2.61. The van der Waals surface area contributed by atoms with Crippen LogP contribution in [0.5, 0.6) is 0 Å². The Kier molecular flexibility index (Phi) is 5.42. The molecule has 6 heteroatoms. The van der Waals surface area contributed by atoms with Gasteiger partial charge in [0, 0.05) is 37.3 Å². The first-order valence-corrected chi connectivity index (χ1v) is 8.14. The molecule has 130 valence electrons. The standard InChI is InChI=1S/C20H18N4O2/c1-26-13-12-23(18-8-6-16(15-21)7-9-18)20(25)17-4-2-5-19(14-17)24-11-3-10-22-24/h2-11,14H,12-13H2,1H3. The molecule has 1 aromatic heterocycles. The minimum atomic E-state index is -0.138. The lowest BCUT2D eigenvalue weighted by Gasteiger charge is -2.23. The Morgan fingerprint density at radius 1 is 1.23 bits per heavy atom. The van der Waals surface area contributed by atoms with Gasteiger partial charge in [-0.15, -0.1) is 0 Å². The highest BCUT2D eigenvalue weighted by Crippen LogP contribution is 2.19. The van der Waals surface area contributed by atoms with E-state index in [1.54, 1.807) is 59.3 Å². The minimum Gasteiger partial charge on any atom is -0.383 e. The van der Waals surface area contributed by atoms with Gasteiger partial charge >= 0.3 is 0 Å². The number of carbonyl (C=O) groups is 1. The zero-order valence-corrected chi connectivity index (χ0v) is 14.4. The van der Waals surface area contributed by atoms with Crippen molar-refractivity contribution in [3.05, 3.63) is 78.1 Å². The number of aromatic nitrogens is 2. The van der Waals surface area contributed by atoms with Crippen molar-refractivity contribution in [1.29, 1.82) is 5.26 Å². The largest absolute Gasteiger partial charge is 0.383 e. The molecule has 6 nitrogen and oxygen atoms in total. The first kappa shape index (κ1) is 17.4. The molecule has 26 heavy (non-hydrogen) atoms. The summed E-state index contributed by atoms with van der Waals surface area (Å²) < 4.78 is 6.85. The molecule has 3 rings (SSSR count). The summed E-state index contributed by atoms with van der Waals surface area (Å²) >= 11 is 0. The quantitative estimate of drug-likeness (QED) is 0.688. The topological polar surface area (TPSA) is 71.2 Å². The van der Waals surface area contributed by atoms with Crippen LogP contribution in [-0.2, 0) is 4.74 Å². The number of hydrogen-bond acceptors (Lipinski definition) is 4. The summed E-state index contributed by atoms with van der Waals surface area (Å²) in [4.78, 5) is 14.7. The van der Waals surface area contributed by atoms with E-state index in [9.17, 15) is 4.79 Å². The van der Waals surface area contributed by atoms with Gasteiger partial charge in [-0.1, -0.05) is 6.07 Å². The smallest absolute Gasteiger partial charge is 0.258 e.